The Hall–Kier alpha value is -2.93. The van der Waals surface area contributed by atoms with E-state index in [1.165, 1.54) is 0 Å². The molecule has 4 rings (SSSR count). The number of ether oxygens (including phenoxy) is 2. The highest BCUT2D eigenvalue weighted by atomic mass is 16.5. The van der Waals surface area contributed by atoms with Crippen molar-refractivity contribution < 1.29 is 14.3 Å². The van der Waals surface area contributed by atoms with Crippen molar-refractivity contribution in [3.63, 3.8) is 0 Å². The summed E-state index contributed by atoms with van der Waals surface area (Å²) >= 11 is 0. The van der Waals surface area contributed by atoms with Crippen molar-refractivity contribution >= 4 is 16.9 Å². The molecule has 0 radical (unpaired) electrons. The summed E-state index contributed by atoms with van der Waals surface area (Å²) in [4.78, 5) is 17.1. The summed E-state index contributed by atoms with van der Waals surface area (Å²) in [5, 5.41) is 8.70. The largest absolute Gasteiger partial charge is 0.481 e. The number of nitrogens with zero attached hydrogens (tertiary/aromatic N) is 3. The number of methoxy groups -OCH3 is 1. The lowest BCUT2D eigenvalue weighted by atomic mass is 10.0. The highest BCUT2D eigenvalue weighted by Gasteiger charge is 2.21. The van der Waals surface area contributed by atoms with Crippen LogP contribution >= 0.6 is 0 Å². The molecular weight excluding hydrogens is 380 g/mol. The normalized spacial score (nSPS) is 16.2. The molecule has 1 saturated heterocycles. The maximum absolute atomic E-state index is 12.4. The van der Waals surface area contributed by atoms with Gasteiger partial charge in [0.25, 0.3) is 0 Å². The third-order valence-corrected chi connectivity index (χ3v) is 5.68. The van der Waals surface area contributed by atoms with Crippen LogP contribution in [0.25, 0.3) is 16.7 Å². The zero-order chi connectivity index (χ0) is 21.1. The molecule has 1 unspecified atom stereocenters. The van der Waals surface area contributed by atoms with Crippen LogP contribution in [0.4, 0.5) is 0 Å². The molecule has 0 spiro atoms. The van der Waals surface area contributed by atoms with Crippen molar-refractivity contribution in [2.45, 2.75) is 45.6 Å². The molecule has 158 valence electrons. The third kappa shape index (κ3) is 4.03. The third-order valence-electron chi connectivity index (χ3n) is 5.68. The molecule has 1 aliphatic heterocycles. The molecular formula is C23H28N4O3. The Bertz CT molecular complexity index is 1040. The molecule has 3 heterocycles. The first-order valence-corrected chi connectivity index (χ1v) is 10.4. The maximum Gasteiger partial charge on any atom is 0.220 e. The fourth-order valence-corrected chi connectivity index (χ4v) is 4.10. The Morgan fingerprint density at radius 2 is 2.10 bits per heavy atom. The van der Waals surface area contributed by atoms with Crippen molar-refractivity contribution in [3.8, 4) is 11.6 Å². The van der Waals surface area contributed by atoms with Crippen LogP contribution in [0.5, 0.6) is 5.88 Å². The van der Waals surface area contributed by atoms with Crippen LogP contribution in [-0.2, 0) is 16.0 Å². The Morgan fingerprint density at radius 3 is 2.80 bits per heavy atom. The van der Waals surface area contributed by atoms with E-state index in [0.717, 1.165) is 53.0 Å². The van der Waals surface area contributed by atoms with E-state index in [4.69, 9.17) is 19.6 Å². The van der Waals surface area contributed by atoms with Crippen LogP contribution in [0.15, 0.2) is 30.3 Å². The topological polar surface area (TPSA) is 78.3 Å². The number of carbonyl (C=O) groups excluding carboxylic acids is 1. The summed E-state index contributed by atoms with van der Waals surface area (Å²) in [7, 11) is 1.62. The molecule has 3 aromatic rings. The van der Waals surface area contributed by atoms with Crippen molar-refractivity contribution in [1.82, 2.24) is 20.1 Å². The lowest BCUT2D eigenvalue weighted by Gasteiger charge is -2.14. The van der Waals surface area contributed by atoms with E-state index >= 15 is 0 Å². The fraction of sp³-hybridized carbons (Fsp3) is 0.435. The van der Waals surface area contributed by atoms with E-state index in [1.807, 2.05) is 41.9 Å². The van der Waals surface area contributed by atoms with Crippen LogP contribution < -0.4 is 10.1 Å². The van der Waals surface area contributed by atoms with Gasteiger partial charge in [0, 0.05) is 30.5 Å². The van der Waals surface area contributed by atoms with Gasteiger partial charge in [0.1, 0.15) is 0 Å². The molecule has 1 aliphatic rings. The van der Waals surface area contributed by atoms with Gasteiger partial charge in [0.05, 0.1) is 24.6 Å². The molecule has 1 fully saturated rings. The van der Waals surface area contributed by atoms with Crippen molar-refractivity contribution in [1.29, 1.82) is 0 Å². The molecule has 7 heteroatoms. The molecule has 30 heavy (non-hydrogen) atoms. The summed E-state index contributed by atoms with van der Waals surface area (Å²) in [5.41, 5.74) is 4.63. The van der Waals surface area contributed by atoms with Crippen LogP contribution in [0, 0.1) is 13.8 Å². The Labute approximate surface area is 176 Å². The average Bonchev–Trinajstić information content (AvgIpc) is 3.40. The van der Waals surface area contributed by atoms with Gasteiger partial charge in [0.15, 0.2) is 5.65 Å². The van der Waals surface area contributed by atoms with Gasteiger partial charge in [-0.05, 0) is 50.8 Å². The van der Waals surface area contributed by atoms with Gasteiger partial charge in [0.2, 0.25) is 11.8 Å². The van der Waals surface area contributed by atoms with Gasteiger partial charge in [-0.25, -0.2) is 4.68 Å². The van der Waals surface area contributed by atoms with Crippen LogP contribution in [-0.4, -0.2) is 47.0 Å². The highest BCUT2D eigenvalue weighted by molar-refractivity contribution is 5.85. The highest BCUT2D eigenvalue weighted by Crippen LogP contribution is 2.31. The van der Waals surface area contributed by atoms with E-state index in [2.05, 4.69) is 12.2 Å². The maximum atomic E-state index is 12.4. The number of fused-ring (bicyclic) bond motifs is 1. The van der Waals surface area contributed by atoms with Crippen LogP contribution in [0.2, 0.25) is 0 Å². The van der Waals surface area contributed by atoms with Crippen LogP contribution in [0.1, 0.15) is 36.1 Å². The first kappa shape index (κ1) is 20.3. The number of amides is 1. The number of para-hydroxylation sites is 1. The van der Waals surface area contributed by atoms with Gasteiger partial charge in [-0.3, -0.25) is 4.79 Å². The predicted molar refractivity (Wildman–Crippen MR) is 115 cm³/mol. The van der Waals surface area contributed by atoms with Gasteiger partial charge in [-0.2, -0.15) is 10.1 Å². The van der Waals surface area contributed by atoms with E-state index in [1.54, 1.807) is 7.11 Å². The number of nitrogens with one attached hydrogen (secondary N) is 1. The Kier molecular flexibility index (Phi) is 5.99. The Morgan fingerprint density at radius 1 is 1.30 bits per heavy atom. The minimum Gasteiger partial charge on any atom is -0.481 e. The first-order chi connectivity index (χ1) is 14.6. The number of rotatable bonds is 7. The zero-order valence-corrected chi connectivity index (χ0v) is 17.8. The summed E-state index contributed by atoms with van der Waals surface area (Å²) in [6, 6.07) is 9.93. The molecule has 0 aliphatic carbocycles. The second-order valence-corrected chi connectivity index (χ2v) is 7.70. The summed E-state index contributed by atoms with van der Waals surface area (Å²) < 4.78 is 13.0. The van der Waals surface area contributed by atoms with Crippen molar-refractivity contribution in [2.24, 2.45) is 0 Å². The van der Waals surface area contributed by atoms with Gasteiger partial charge >= 0.3 is 0 Å². The van der Waals surface area contributed by atoms with Gasteiger partial charge in [-0.1, -0.05) is 18.2 Å². The van der Waals surface area contributed by atoms with E-state index in [0.29, 0.717) is 25.3 Å². The van der Waals surface area contributed by atoms with Crippen molar-refractivity contribution in [2.75, 3.05) is 20.3 Å². The van der Waals surface area contributed by atoms with E-state index < -0.39 is 0 Å². The number of aryl methyl sites for hydroxylation is 2. The summed E-state index contributed by atoms with van der Waals surface area (Å²) in [6.45, 7) is 5.41. The van der Waals surface area contributed by atoms with Gasteiger partial charge in [-0.15, -0.1) is 0 Å². The van der Waals surface area contributed by atoms with E-state index in [-0.39, 0.29) is 12.0 Å². The van der Waals surface area contributed by atoms with E-state index in [9.17, 15) is 4.79 Å². The zero-order valence-electron chi connectivity index (χ0n) is 17.8. The van der Waals surface area contributed by atoms with Crippen LogP contribution in [0.3, 0.4) is 0 Å². The first-order valence-electron chi connectivity index (χ1n) is 10.4. The molecule has 1 amide bonds. The smallest absolute Gasteiger partial charge is 0.220 e. The standard InChI is InChI=1S/C23H28N4O3/c1-15-19(11-12-20(28)24-14-18-10-7-13-30-18)23(29-3)25-22-21(15)16(2)26-27(22)17-8-5-4-6-9-17/h4-6,8-9,18H,7,10-14H2,1-3H3,(H,24,28). The number of hydrogen-bond donors (Lipinski definition) is 1. The second-order valence-electron chi connectivity index (χ2n) is 7.70. The minimum atomic E-state index is 0.0174. The second kappa shape index (κ2) is 8.83. The average molecular weight is 409 g/mol. The molecule has 7 nitrogen and oxygen atoms in total. The predicted octanol–water partition coefficient (Wildman–Crippen LogP) is 3.27. The molecule has 2 aromatic heterocycles. The van der Waals surface area contributed by atoms with Gasteiger partial charge < -0.3 is 14.8 Å². The quantitative estimate of drug-likeness (QED) is 0.649. The molecule has 0 saturated carbocycles. The lowest BCUT2D eigenvalue weighted by molar-refractivity contribution is -0.121. The minimum absolute atomic E-state index is 0.0174. The summed E-state index contributed by atoms with van der Waals surface area (Å²) in [6.07, 6.45) is 3.17. The number of pyridine rings is 1. The SMILES string of the molecule is COc1nc2c(c(C)nn2-c2ccccc2)c(C)c1CCC(=O)NCC1CCCO1. The molecule has 1 aromatic carbocycles. The lowest BCUT2D eigenvalue weighted by Crippen LogP contribution is -2.31. The number of benzene rings is 1. The molecule has 0 bridgehead atoms. The fourth-order valence-electron chi connectivity index (χ4n) is 4.10. The number of carbonyl (C=O) groups is 1. The number of aromatic nitrogens is 3. The molecule has 1 atom stereocenters. The number of hydrogen-bond acceptors (Lipinski definition) is 5. The monoisotopic (exact) mass is 408 g/mol. The summed E-state index contributed by atoms with van der Waals surface area (Å²) in [5.74, 6) is 0.563. The Balaban J connectivity index is 1.58. The van der Waals surface area contributed by atoms with Crippen molar-refractivity contribution in [3.05, 3.63) is 47.2 Å². The molecule has 1 N–H and O–H groups in total.